The Balaban J connectivity index is 1.58. The molecule has 0 radical (unpaired) electrons. The number of hydrogen-bond acceptors (Lipinski definition) is 2. The van der Waals surface area contributed by atoms with E-state index in [0.29, 0.717) is 12.2 Å². The van der Waals surface area contributed by atoms with Crippen LogP contribution in [0.4, 0.5) is 0 Å². The molecule has 2 rings (SSSR count). The molecular weight excluding hydrogens is 210 g/mol. The van der Waals surface area contributed by atoms with E-state index in [0.717, 1.165) is 11.8 Å². The minimum absolute atomic E-state index is 0.391. The zero-order valence-electron chi connectivity index (χ0n) is 11.8. The number of likely N-dealkylation sites (tertiary alicyclic amines) is 1. The first kappa shape index (κ1) is 13.4. The molecule has 1 heterocycles. The summed E-state index contributed by atoms with van der Waals surface area (Å²) in [7, 11) is 0. The molecule has 1 aliphatic heterocycles. The Morgan fingerprint density at radius 2 is 1.65 bits per heavy atom. The molecule has 0 amide bonds. The molecule has 100 valence electrons. The number of rotatable bonds is 5. The molecule has 0 N–H and O–H groups in total. The molecule has 1 saturated carbocycles. The van der Waals surface area contributed by atoms with Crippen molar-refractivity contribution in [2.45, 2.75) is 65.1 Å². The molecule has 2 aliphatic rings. The molecule has 1 aliphatic carbocycles. The molecule has 2 fully saturated rings. The van der Waals surface area contributed by atoms with Crippen molar-refractivity contribution in [3.05, 3.63) is 0 Å². The van der Waals surface area contributed by atoms with Gasteiger partial charge in [0.15, 0.2) is 0 Å². The van der Waals surface area contributed by atoms with Crippen LogP contribution in [0.25, 0.3) is 0 Å². The second kappa shape index (κ2) is 6.19. The van der Waals surface area contributed by atoms with Gasteiger partial charge in [0.25, 0.3) is 0 Å². The van der Waals surface area contributed by atoms with Gasteiger partial charge in [-0.25, -0.2) is 0 Å². The largest absolute Gasteiger partial charge is 0.373 e. The summed E-state index contributed by atoms with van der Waals surface area (Å²) in [5, 5.41) is 0. The molecular formula is C15H29NO. The highest BCUT2D eigenvalue weighted by Crippen LogP contribution is 2.31. The lowest BCUT2D eigenvalue weighted by molar-refractivity contribution is -0.0858. The van der Waals surface area contributed by atoms with Crippen LogP contribution in [0.1, 0.15) is 52.9 Å². The summed E-state index contributed by atoms with van der Waals surface area (Å²) in [6.07, 6.45) is 8.17. The van der Waals surface area contributed by atoms with E-state index in [9.17, 15) is 0 Å². The molecule has 0 spiro atoms. The third-order valence-electron chi connectivity index (χ3n) is 4.45. The first-order valence-electron chi connectivity index (χ1n) is 7.55. The predicted octanol–water partition coefficient (Wildman–Crippen LogP) is 3.31. The van der Waals surface area contributed by atoms with E-state index in [4.69, 9.17) is 4.74 Å². The normalized spacial score (nSPS) is 31.8. The van der Waals surface area contributed by atoms with Crippen LogP contribution in [0.5, 0.6) is 0 Å². The van der Waals surface area contributed by atoms with Crippen molar-refractivity contribution in [2.24, 2.45) is 11.8 Å². The highest BCUT2D eigenvalue weighted by molar-refractivity contribution is 4.84. The average molecular weight is 239 g/mol. The zero-order valence-corrected chi connectivity index (χ0v) is 11.8. The fourth-order valence-electron chi connectivity index (χ4n) is 3.33. The lowest BCUT2D eigenvalue weighted by Crippen LogP contribution is -2.54. The van der Waals surface area contributed by atoms with Gasteiger partial charge in [0.1, 0.15) is 0 Å². The number of hydrogen-bond donors (Lipinski definition) is 0. The Morgan fingerprint density at radius 3 is 2.18 bits per heavy atom. The fourth-order valence-corrected chi connectivity index (χ4v) is 3.33. The molecule has 0 atom stereocenters. The summed E-state index contributed by atoms with van der Waals surface area (Å²) in [4.78, 5) is 2.59. The summed E-state index contributed by atoms with van der Waals surface area (Å²) in [5.41, 5.74) is 0. The smallest absolute Gasteiger partial charge is 0.0832 e. The maximum Gasteiger partial charge on any atom is 0.0832 e. The average Bonchev–Trinajstić information content (AvgIpc) is 2.26. The molecule has 1 saturated heterocycles. The Bertz CT molecular complexity index is 215. The van der Waals surface area contributed by atoms with Gasteiger partial charge in [-0.15, -0.1) is 0 Å². The topological polar surface area (TPSA) is 12.5 Å². The van der Waals surface area contributed by atoms with Crippen LogP contribution in [0.15, 0.2) is 0 Å². The summed E-state index contributed by atoms with van der Waals surface area (Å²) >= 11 is 0. The van der Waals surface area contributed by atoms with Gasteiger partial charge in [-0.3, -0.25) is 4.90 Å². The van der Waals surface area contributed by atoms with E-state index in [1.165, 1.54) is 51.7 Å². The zero-order chi connectivity index (χ0) is 12.3. The van der Waals surface area contributed by atoms with Crippen molar-refractivity contribution in [3.8, 4) is 0 Å². The van der Waals surface area contributed by atoms with Gasteiger partial charge in [0, 0.05) is 19.6 Å². The van der Waals surface area contributed by atoms with Crippen LogP contribution < -0.4 is 0 Å². The van der Waals surface area contributed by atoms with E-state index in [1.54, 1.807) is 0 Å². The second-order valence-corrected chi connectivity index (χ2v) is 6.32. The van der Waals surface area contributed by atoms with Gasteiger partial charge in [0.2, 0.25) is 0 Å². The first-order chi connectivity index (χ1) is 8.17. The van der Waals surface area contributed by atoms with Gasteiger partial charge in [-0.2, -0.15) is 0 Å². The Kier molecular flexibility index (Phi) is 4.87. The van der Waals surface area contributed by atoms with Crippen molar-refractivity contribution >= 4 is 0 Å². The van der Waals surface area contributed by atoms with Crippen molar-refractivity contribution < 1.29 is 4.74 Å². The molecule has 2 heteroatoms. The highest BCUT2D eigenvalue weighted by Gasteiger charge is 2.30. The van der Waals surface area contributed by atoms with Crippen LogP contribution in [0, 0.1) is 11.8 Å². The molecule has 0 aromatic heterocycles. The van der Waals surface area contributed by atoms with Gasteiger partial charge < -0.3 is 4.74 Å². The summed E-state index contributed by atoms with van der Waals surface area (Å²) in [6.45, 7) is 10.3. The molecule has 0 unspecified atom stereocenters. The third-order valence-corrected chi connectivity index (χ3v) is 4.45. The van der Waals surface area contributed by atoms with Gasteiger partial charge in [-0.1, -0.05) is 26.2 Å². The SMILES string of the molecule is CCC1CCC(CN2CC(OC(C)C)C2)CC1. The van der Waals surface area contributed by atoms with Crippen molar-refractivity contribution in [2.75, 3.05) is 19.6 Å². The number of ether oxygens (including phenoxy) is 1. The Hall–Kier alpha value is -0.0800. The monoisotopic (exact) mass is 239 g/mol. The Morgan fingerprint density at radius 1 is 1.06 bits per heavy atom. The molecule has 0 bridgehead atoms. The summed E-state index contributed by atoms with van der Waals surface area (Å²) < 4.78 is 5.80. The van der Waals surface area contributed by atoms with Crippen LogP contribution in [-0.2, 0) is 4.74 Å². The molecule has 17 heavy (non-hydrogen) atoms. The summed E-state index contributed by atoms with van der Waals surface area (Å²) in [6, 6.07) is 0. The van der Waals surface area contributed by atoms with Crippen LogP contribution in [0.2, 0.25) is 0 Å². The van der Waals surface area contributed by atoms with Crippen LogP contribution in [0.3, 0.4) is 0 Å². The fraction of sp³-hybridized carbons (Fsp3) is 1.00. The van der Waals surface area contributed by atoms with Gasteiger partial charge in [0.05, 0.1) is 12.2 Å². The summed E-state index contributed by atoms with van der Waals surface area (Å²) in [5.74, 6) is 2.00. The predicted molar refractivity (Wildman–Crippen MR) is 72.2 cm³/mol. The minimum atomic E-state index is 0.391. The third kappa shape index (κ3) is 3.96. The second-order valence-electron chi connectivity index (χ2n) is 6.32. The number of nitrogens with zero attached hydrogens (tertiary/aromatic N) is 1. The van der Waals surface area contributed by atoms with E-state index < -0.39 is 0 Å². The quantitative estimate of drug-likeness (QED) is 0.730. The van der Waals surface area contributed by atoms with Crippen molar-refractivity contribution in [3.63, 3.8) is 0 Å². The van der Waals surface area contributed by atoms with Crippen molar-refractivity contribution in [1.82, 2.24) is 4.90 Å². The Labute approximate surface area is 107 Å². The first-order valence-corrected chi connectivity index (χ1v) is 7.55. The van der Waals surface area contributed by atoms with Crippen LogP contribution in [-0.4, -0.2) is 36.7 Å². The van der Waals surface area contributed by atoms with E-state index in [2.05, 4.69) is 25.7 Å². The highest BCUT2D eigenvalue weighted by atomic mass is 16.5. The minimum Gasteiger partial charge on any atom is -0.373 e. The van der Waals surface area contributed by atoms with Gasteiger partial charge >= 0.3 is 0 Å². The maximum atomic E-state index is 5.80. The van der Waals surface area contributed by atoms with E-state index in [1.807, 2.05) is 0 Å². The van der Waals surface area contributed by atoms with Crippen LogP contribution >= 0.6 is 0 Å². The maximum absolute atomic E-state index is 5.80. The molecule has 2 nitrogen and oxygen atoms in total. The van der Waals surface area contributed by atoms with E-state index >= 15 is 0 Å². The lowest BCUT2D eigenvalue weighted by Gasteiger charge is -2.42. The van der Waals surface area contributed by atoms with E-state index in [-0.39, 0.29) is 0 Å². The molecule has 0 aromatic rings. The lowest BCUT2D eigenvalue weighted by atomic mass is 9.80. The van der Waals surface area contributed by atoms with Crippen molar-refractivity contribution in [1.29, 1.82) is 0 Å². The molecule has 0 aromatic carbocycles. The van der Waals surface area contributed by atoms with Gasteiger partial charge in [-0.05, 0) is 38.5 Å². The standard InChI is InChI=1S/C15H29NO/c1-4-13-5-7-14(8-6-13)9-16-10-15(11-16)17-12(2)3/h12-15H,4-11H2,1-3H3.